The van der Waals surface area contributed by atoms with Crippen LogP contribution in [0.3, 0.4) is 0 Å². The third kappa shape index (κ3) is 4.75. The number of barbiturate groups is 1. The number of amides is 4. The molecule has 162 valence electrons. The van der Waals surface area contributed by atoms with E-state index >= 15 is 0 Å². The summed E-state index contributed by atoms with van der Waals surface area (Å²) in [5.41, 5.74) is 1.44. The van der Waals surface area contributed by atoms with Gasteiger partial charge in [-0.25, -0.2) is 4.79 Å². The summed E-state index contributed by atoms with van der Waals surface area (Å²) >= 11 is 2.13. The summed E-state index contributed by atoms with van der Waals surface area (Å²) in [5, 5.41) is 6.42. The van der Waals surface area contributed by atoms with Gasteiger partial charge in [0.25, 0.3) is 11.8 Å². The van der Waals surface area contributed by atoms with Crippen LogP contribution in [0.25, 0.3) is 16.8 Å². The first-order valence-corrected chi connectivity index (χ1v) is 11.0. The molecule has 0 radical (unpaired) electrons. The van der Waals surface area contributed by atoms with Crippen molar-refractivity contribution in [3.63, 3.8) is 0 Å². The molecule has 4 amide bonds. The lowest BCUT2D eigenvalue weighted by Gasteiger charge is -2.16. The Bertz CT molecular complexity index is 1250. The SMILES string of the molecule is CCOc1cc(C=C2C(=O)NC(=O)NC2=O)cc(I)c1OCc1ccc2ccccc2c1. The highest BCUT2D eigenvalue weighted by atomic mass is 127. The van der Waals surface area contributed by atoms with Gasteiger partial charge in [0.1, 0.15) is 12.2 Å². The molecule has 7 nitrogen and oxygen atoms in total. The van der Waals surface area contributed by atoms with Crippen molar-refractivity contribution in [3.8, 4) is 11.5 Å². The van der Waals surface area contributed by atoms with Crippen LogP contribution in [0.5, 0.6) is 11.5 Å². The van der Waals surface area contributed by atoms with Crippen molar-refractivity contribution in [3.05, 3.63) is 74.9 Å². The molecule has 1 aliphatic rings. The fraction of sp³-hybridized carbons (Fsp3) is 0.125. The third-order valence-electron chi connectivity index (χ3n) is 4.78. The number of halogens is 1. The minimum absolute atomic E-state index is 0.160. The normalized spacial score (nSPS) is 13.6. The molecule has 8 heteroatoms. The van der Waals surface area contributed by atoms with Crippen molar-refractivity contribution in [2.24, 2.45) is 0 Å². The van der Waals surface area contributed by atoms with Crippen LogP contribution in [0, 0.1) is 3.57 Å². The van der Waals surface area contributed by atoms with E-state index in [0.29, 0.717) is 30.3 Å². The number of carbonyl (C=O) groups excluding carboxylic acids is 3. The van der Waals surface area contributed by atoms with Crippen LogP contribution in [0.15, 0.2) is 60.2 Å². The van der Waals surface area contributed by atoms with Gasteiger partial charge in [0.15, 0.2) is 11.5 Å². The maximum Gasteiger partial charge on any atom is 0.328 e. The standard InChI is InChI=1S/C24H19IN2O5/c1-2-31-20-12-15(10-18-22(28)26-24(30)27-23(18)29)11-19(25)21(20)32-13-14-7-8-16-5-3-4-6-17(16)9-14/h3-12H,2,13H2,1H3,(H2,26,27,28,29,30). The van der Waals surface area contributed by atoms with Gasteiger partial charge in [-0.15, -0.1) is 0 Å². The number of nitrogens with one attached hydrogen (secondary N) is 2. The summed E-state index contributed by atoms with van der Waals surface area (Å²) in [5.74, 6) is -0.415. The van der Waals surface area contributed by atoms with E-state index in [1.165, 1.54) is 6.08 Å². The molecule has 1 saturated heterocycles. The van der Waals surface area contributed by atoms with Gasteiger partial charge in [-0.05, 0) is 75.7 Å². The largest absolute Gasteiger partial charge is 0.490 e. The first-order valence-electron chi connectivity index (χ1n) is 9.90. The quantitative estimate of drug-likeness (QED) is 0.277. The first-order chi connectivity index (χ1) is 15.4. The smallest absolute Gasteiger partial charge is 0.328 e. The van der Waals surface area contributed by atoms with E-state index in [1.807, 2.05) is 25.1 Å². The van der Waals surface area contributed by atoms with E-state index in [0.717, 1.165) is 19.9 Å². The van der Waals surface area contributed by atoms with E-state index in [9.17, 15) is 14.4 Å². The third-order valence-corrected chi connectivity index (χ3v) is 5.58. The molecule has 0 saturated carbocycles. The molecular formula is C24H19IN2O5. The average Bonchev–Trinajstić information content (AvgIpc) is 2.76. The van der Waals surface area contributed by atoms with Crippen molar-refractivity contribution >= 4 is 57.3 Å². The maximum atomic E-state index is 12.0. The van der Waals surface area contributed by atoms with Gasteiger partial charge in [0.2, 0.25) is 0 Å². The molecule has 0 spiro atoms. The topological polar surface area (TPSA) is 93.7 Å². The van der Waals surface area contributed by atoms with E-state index in [2.05, 4.69) is 57.5 Å². The molecule has 32 heavy (non-hydrogen) atoms. The molecule has 1 aliphatic heterocycles. The molecular weight excluding hydrogens is 523 g/mol. The number of rotatable bonds is 6. The Balaban J connectivity index is 1.61. The summed E-state index contributed by atoms with van der Waals surface area (Å²) in [6, 6.07) is 16.9. The Morgan fingerprint density at radius 2 is 1.62 bits per heavy atom. The second-order valence-corrected chi connectivity index (χ2v) is 8.19. The Morgan fingerprint density at radius 1 is 0.906 bits per heavy atom. The lowest BCUT2D eigenvalue weighted by atomic mass is 10.1. The zero-order valence-corrected chi connectivity index (χ0v) is 19.3. The van der Waals surface area contributed by atoms with Gasteiger partial charge in [0.05, 0.1) is 10.2 Å². The molecule has 2 N–H and O–H groups in total. The molecule has 1 heterocycles. The first kappa shape index (κ1) is 21.8. The molecule has 3 aromatic carbocycles. The van der Waals surface area contributed by atoms with Crippen molar-refractivity contribution < 1.29 is 23.9 Å². The summed E-state index contributed by atoms with van der Waals surface area (Å²) < 4.78 is 12.6. The summed E-state index contributed by atoms with van der Waals surface area (Å²) in [6.45, 7) is 2.63. The Morgan fingerprint density at radius 3 is 2.34 bits per heavy atom. The zero-order chi connectivity index (χ0) is 22.7. The maximum absolute atomic E-state index is 12.0. The lowest BCUT2D eigenvalue weighted by molar-refractivity contribution is -0.123. The number of hydrogen-bond donors (Lipinski definition) is 2. The highest BCUT2D eigenvalue weighted by molar-refractivity contribution is 14.1. The van der Waals surface area contributed by atoms with Crippen LogP contribution in [0.1, 0.15) is 18.1 Å². The molecule has 0 bridgehead atoms. The highest BCUT2D eigenvalue weighted by Crippen LogP contribution is 2.35. The summed E-state index contributed by atoms with van der Waals surface area (Å²) in [4.78, 5) is 35.3. The Hall–Kier alpha value is -3.40. The number of ether oxygens (including phenoxy) is 2. The van der Waals surface area contributed by atoms with Gasteiger partial charge in [-0.3, -0.25) is 20.2 Å². The fourth-order valence-corrected chi connectivity index (χ4v) is 4.11. The Labute approximate surface area is 197 Å². The zero-order valence-electron chi connectivity index (χ0n) is 17.1. The van der Waals surface area contributed by atoms with Gasteiger partial charge in [0, 0.05) is 0 Å². The van der Waals surface area contributed by atoms with Gasteiger partial charge < -0.3 is 9.47 Å². The molecule has 0 unspecified atom stereocenters. The highest BCUT2D eigenvalue weighted by Gasteiger charge is 2.28. The van der Waals surface area contributed by atoms with Crippen LogP contribution in [-0.4, -0.2) is 24.5 Å². The van der Waals surface area contributed by atoms with Gasteiger partial charge in [-0.1, -0.05) is 36.4 Å². The van der Waals surface area contributed by atoms with Crippen molar-refractivity contribution in [1.82, 2.24) is 10.6 Å². The minimum Gasteiger partial charge on any atom is -0.490 e. The molecule has 0 aromatic heterocycles. The van der Waals surface area contributed by atoms with Crippen molar-refractivity contribution in [2.75, 3.05) is 6.61 Å². The molecule has 3 aromatic rings. The monoisotopic (exact) mass is 542 g/mol. The summed E-state index contributed by atoms with van der Waals surface area (Å²) in [6.07, 6.45) is 1.41. The fourth-order valence-electron chi connectivity index (χ4n) is 3.33. The predicted octanol–water partition coefficient (Wildman–Crippen LogP) is 4.17. The minimum atomic E-state index is -0.834. The van der Waals surface area contributed by atoms with Crippen LogP contribution >= 0.6 is 22.6 Å². The van der Waals surface area contributed by atoms with E-state index < -0.39 is 17.8 Å². The van der Waals surface area contributed by atoms with Crippen LogP contribution in [-0.2, 0) is 16.2 Å². The number of urea groups is 1. The second-order valence-electron chi connectivity index (χ2n) is 7.03. The molecule has 1 fully saturated rings. The number of carbonyl (C=O) groups is 3. The Kier molecular flexibility index (Phi) is 6.40. The lowest BCUT2D eigenvalue weighted by Crippen LogP contribution is -2.51. The average molecular weight is 542 g/mol. The number of benzene rings is 3. The second kappa shape index (κ2) is 9.39. The van der Waals surface area contributed by atoms with E-state index in [-0.39, 0.29) is 5.57 Å². The van der Waals surface area contributed by atoms with Gasteiger partial charge in [-0.2, -0.15) is 0 Å². The van der Waals surface area contributed by atoms with Crippen molar-refractivity contribution in [2.45, 2.75) is 13.5 Å². The number of fused-ring (bicyclic) bond motifs is 1. The van der Waals surface area contributed by atoms with E-state index in [4.69, 9.17) is 9.47 Å². The number of hydrogen-bond acceptors (Lipinski definition) is 5. The molecule has 0 atom stereocenters. The van der Waals surface area contributed by atoms with Crippen LogP contribution in [0.4, 0.5) is 4.79 Å². The summed E-state index contributed by atoms with van der Waals surface area (Å²) in [7, 11) is 0. The van der Waals surface area contributed by atoms with Crippen molar-refractivity contribution in [1.29, 1.82) is 0 Å². The molecule has 0 aliphatic carbocycles. The van der Waals surface area contributed by atoms with Gasteiger partial charge >= 0.3 is 6.03 Å². The number of imide groups is 2. The predicted molar refractivity (Wildman–Crippen MR) is 128 cm³/mol. The van der Waals surface area contributed by atoms with E-state index in [1.54, 1.807) is 12.1 Å². The van der Waals surface area contributed by atoms with Crippen LogP contribution in [0.2, 0.25) is 0 Å². The van der Waals surface area contributed by atoms with Crippen LogP contribution < -0.4 is 20.1 Å². The molecule has 4 rings (SSSR count).